The molecule has 0 fully saturated rings. The highest BCUT2D eigenvalue weighted by Crippen LogP contribution is 2.19. The Morgan fingerprint density at radius 2 is 1.65 bits per heavy atom. The molecule has 0 radical (unpaired) electrons. The Labute approximate surface area is 158 Å². The fourth-order valence-electron chi connectivity index (χ4n) is 2.20. The van der Waals surface area contributed by atoms with Gasteiger partial charge in [-0.25, -0.2) is 0 Å². The zero-order valence-electron chi connectivity index (χ0n) is 15.3. The number of benzene rings is 2. The number of anilines is 1. The number of halogens is 1. The molecule has 2 rings (SSSR count). The third kappa shape index (κ3) is 5.77. The van der Waals surface area contributed by atoms with Crippen LogP contribution in [0.15, 0.2) is 48.5 Å². The van der Waals surface area contributed by atoms with Crippen molar-refractivity contribution in [2.24, 2.45) is 0 Å². The van der Waals surface area contributed by atoms with Gasteiger partial charge in [0, 0.05) is 10.6 Å². The summed E-state index contributed by atoms with van der Waals surface area (Å²) in [4.78, 5) is 24.9. The number of para-hydroxylation sites is 1. The van der Waals surface area contributed by atoms with E-state index in [0.29, 0.717) is 22.0 Å². The normalized spacial score (nSPS) is 12.2. The maximum absolute atomic E-state index is 12.4. The first-order valence-corrected chi connectivity index (χ1v) is 8.68. The van der Waals surface area contributed by atoms with Gasteiger partial charge in [-0.15, -0.1) is 0 Å². The molecule has 2 amide bonds. The van der Waals surface area contributed by atoms with Crippen LogP contribution in [0.5, 0.6) is 5.75 Å². The number of carbonyl (C=O) groups excluding carboxylic acids is 2. The highest BCUT2D eigenvalue weighted by atomic mass is 35.5. The molecule has 26 heavy (non-hydrogen) atoms. The monoisotopic (exact) mass is 374 g/mol. The van der Waals surface area contributed by atoms with Crippen LogP contribution in [0.4, 0.5) is 5.69 Å². The molecule has 1 atom stereocenters. The van der Waals surface area contributed by atoms with Gasteiger partial charge in [0.2, 0.25) is 0 Å². The van der Waals surface area contributed by atoms with Gasteiger partial charge in [0.15, 0.2) is 6.10 Å². The van der Waals surface area contributed by atoms with Gasteiger partial charge in [0.1, 0.15) is 5.75 Å². The van der Waals surface area contributed by atoms with E-state index in [1.54, 1.807) is 55.5 Å². The van der Waals surface area contributed by atoms with Crippen LogP contribution in [-0.2, 0) is 4.79 Å². The molecule has 0 saturated carbocycles. The Bertz CT molecular complexity index is 782. The summed E-state index contributed by atoms with van der Waals surface area (Å²) in [7, 11) is 0. The van der Waals surface area contributed by atoms with Crippen LogP contribution >= 0.6 is 11.6 Å². The number of amides is 2. The molecular weight excluding hydrogens is 352 g/mol. The quantitative estimate of drug-likeness (QED) is 0.821. The van der Waals surface area contributed by atoms with Crippen LogP contribution in [0, 0.1) is 0 Å². The summed E-state index contributed by atoms with van der Waals surface area (Å²) in [6, 6.07) is 13.6. The summed E-state index contributed by atoms with van der Waals surface area (Å²) >= 11 is 5.84. The van der Waals surface area contributed by atoms with Crippen molar-refractivity contribution >= 4 is 29.1 Å². The second-order valence-corrected chi connectivity index (χ2v) is 7.39. The lowest BCUT2D eigenvalue weighted by Gasteiger charge is -2.22. The standard InChI is InChI=1S/C20H23ClN2O3/c1-13(26-15-11-9-14(21)10-12-15)18(24)22-17-8-6-5-7-16(17)19(25)23-20(2,3)4/h5-13H,1-4H3,(H,22,24)(H,23,25)/t13-/m0/s1. The Balaban J connectivity index is 2.08. The SMILES string of the molecule is C[C@H](Oc1ccc(Cl)cc1)C(=O)Nc1ccccc1C(=O)NC(C)(C)C. The highest BCUT2D eigenvalue weighted by molar-refractivity contribution is 6.30. The number of hydrogen-bond acceptors (Lipinski definition) is 3. The topological polar surface area (TPSA) is 67.4 Å². The van der Waals surface area contributed by atoms with E-state index in [-0.39, 0.29) is 17.4 Å². The van der Waals surface area contributed by atoms with E-state index in [1.807, 2.05) is 20.8 Å². The maximum Gasteiger partial charge on any atom is 0.265 e. The first-order valence-electron chi connectivity index (χ1n) is 8.30. The lowest BCUT2D eigenvalue weighted by Crippen LogP contribution is -2.41. The number of rotatable bonds is 5. The number of ether oxygens (including phenoxy) is 1. The molecule has 0 aliphatic rings. The van der Waals surface area contributed by atoms with Crippen molar-refractivity contribution in [1.82, 2.24) is 5.32 Å². The lowest BCUT2D eigenvalue weighted by molar-refractivity contribution is -0.122. The number of hydrogen-bond donors (Lipinski definition) is 2. The van der Waals surface area contributed by atoms with Gasteiger partial charge in [-0.2, -0.15) is 0 Å². The van der Waals surface area contributed by atoms with Crippen LogP contribution in [0.1, 0.15) is 38.1 Å². The van der Waals surface area contributed by atoms with Crippen LogP contribution in [0.3, 0.4) is 0 Å². The number of carbonyl (C=O) groups is 2. The van der Waals surface area contributed by atoms with Crippen molar-refractivity contribution in [1.29, 1.82) is 0 Å². The molecule has 2 aromatic rings. The molecule has 0 saturated heterocycles. The zero-order chi connectivity index (χ0) is 19.3. The van der Waals surface area contributed by atoms with Crippen molar-refractivity contribution in [2.75, 3.05) is 5.32 Å². The molecule has 5 nitrogen and oxygen atoms in total. The summed E-state index contributed by atoms with van der Waals surface area (Å²) in [6.45, 7) is 7.33. The molecular formula is C20H23ClN2O3. The zero-order valence-corrected chi connectivity index (χ0v) is 16.1. The molecule has 2 N–H and O–H groups in total. The van der Waals surface area contributed by atoms with Crippen LogP contribution < -0.4 is 15.4 Å². The van der Waals surface area contributed by atoms with Gasteiger partial charge in [-0.1, -0.05) is 23.7 Å². The molecule has 6 heteroatoms. The maximum atomic E-state index is 12.4. The van der Waals surface area contributed by atoms with Crippen LogP contribution in [-0.4, -0.2) is 23.5 Å². The molecule has 0 unspecified atom stereocenters. The fourth-order valence-corrected chi connectivity index (χ4v) is 2.33. The van der Waals surface area contributed by atoms with E-state index in [4.69, 9.17) is 16.3 Å². The molecule has 0 aliphatic carbocycles. The average molecular weight is 375 g/mol. The Hall–Kier alpha value is -2.53. The van der Waals surface area contributed by atoms with Gasteiger partial charge >= 0.3 is 0 Å². The molecule has 2 aromatic carbocycles. The lowest BCUT2D eigenvalue weighted by atomic mass is 10.1. The second kappa shape index (κ2) is 8.23. The van der Waals surface area contributed by atoms with Crippen molar-refractivity contribution in [3.8, 4) is 5.75 Å². The third-order valence-corrected chi connectivity index (χ3v) is 3.67. The van der Waals surface area contributed by atoms with Crippen molar-refractivity contribution in [3.63, 3.8) is 0 Å². The molecule has 138 valence electrons. The average Bonchev–Trinajstić information content (AvgIpc) is 2.55. The first-order chi connectivity index (χ1) is 12.2. The van der Waals surface area contributed by atoms with Crippen LogP contribution in [0.2, 0.25) is 5.02 Å². The highest BCUT2D eigenvalue weighted by Gasteiger charge is 2.21. The summed E-state index contributed by atoms with van der Waals surface area (Å²) < 4.78 is 5.61. The van der Waals surface area contributed by atoms with Crippen molar-refractivity contribution < 1.29 is 14.3 Å². The van der Waals surface area contributed by atoms with E-state index in [2.05, 4.69) is 10.6 Å². The van der Waals surface area contributed by atoms with E-state index in [0.717, 1.165) is 0 Å². The predicted octanol–water partition coefficient (Wildman–Crippen LogP) is 4.27. The summed E-state index contributed by atoms with van der Waals surface area (Å²) in [6.07, 6.45) is -0.741. The summed E-state index contributed by atoms with van der Waals surface area (Å²) in [5, 5.41) is 6.24. The van der Waals surface area contributed by atoms with Gasteiger partial charge in [-0.05, 0) is 64.1 Å². The molecule has 0 aliphatic heterocycles. The van der Waals surface area contributed by atoms with Gasteiger partial charge < -0.3 is 15.4 Å². The largest absolute Gasteiger partial charge is 0.481 e. The Kier molecular flexibility index (Phi) is 6.27. The van der Waals surface area contributed by atoms with Gasteiger partial charge in [-0.3, -0.25) is 9.59 Å². The molecule has 0 bridgehead atoms. The Morgan fingerprint density at radius 1 is 1.04 bits per heavy atom. The minimum Gasteiger partial charge on any atom is -0.481 e. The minimum absolute atomic E-state index is 0.250. The predicted molar refractivity (Wildman–Crippen MR) is 104 cm³/mol. The molecule has 0 spiro atoms. The van der Waals surface area contributed by atoms with Crippen molar-refractivity contribution in [2.45, 2.75) is 39.3 Å². The van der Waals surface area contributed by atoms with Gasteiger partial charge in [0.05, 0.1) is 11.3 Å². The summed E-state index contributed by atoms with van der Waals surface area (Å²) in [5.41, 5.74) is 0.458. The summed E-state index contributed by atoms with van der Waals surface area (Å²) in [5.74, 6) is -0.0635. The van der Waals surface area contributed by atoms with Crippen molar-refractivity contribution in [3.05, 3.63) is 59.1 Å². The second-order valence-electron chi connectivity index (χ2n) is 6.95. The number of nitrogens with one attached hydrogen (secondary N) is 2. The van der Waals surface area contributed by atoms with Crippen LogP contribution in [0.25, 0.3) is 0 Å². The minimum atomic E-state index is -0.741. The molecule has 0 aromatic heterocycles. The van der Waals surface area contributed by atoms with E-state index >= 15 is 0 Å². The van der Waals surface area contributed by atoms with Gasteiger partial charge in [0.25, 0.3) is 11.8 Å². The molecule has 0 heterocycles. The third-order valence-electron chi connectivity index (χ3n) is 3.41. The van der Waals surface area contributed by atoms with E-state index in [1.165, 1.54) is 0 Å². The fraction of sp³-hybridized carbons (Fsp3) is 0.300. The van der Waals surface area contributed by atoms with E-state index < -0.39 is 6.10 Å². The first kappa shape index (κ1) is 19.8. The Morgan fingerprint density at radius 3 is 2.27 bits per heavy atom. The van der Waals surface area contributed by atoms with E-state index in [9.17, 15) is 9.59 Å². The smallest absolute Gasteiger partial charge is 0.265 e.